The maximum atomic E-state index is 13.2. The summed E-state index contributed by atoms with van der Waals surface area (Å²) in [5.74, 6) is 1.19. The molecule has 0 bridgehead atoms. The molecule has 0 saturated carbocycles. The van der Waals surface area contributed by atoms with Crippen molar-refractivity contribution in [1.29, 1.82) is 0 Å². The van der Waals surface area contributed by atoms with Crippen LogP contribution in [0.3, 0.4) is 0 Å². The highest BCUT2D eigenvalue weighted by molar-refractivity contribution is 7.89. The number of hydrogen-bond acceptors (Lipinski definition) is 6. The van der Waals surface area contributed by atoms with Gasteiger partial charge in [0.1, 0.15) is 0 Å². The molecule has 7 nitrogen and oxygen atoms in total. The van der Waals surface area contributed by atoms with Gasteiger partial charge in [0.05, 0.1) is 34.9 Å². The Morgan fingerprint density at radius 3 is 2.37 bits per heavy atom. The molecule has 9 heteroatoms. The number of benzene rings is 3. The summed E-state index contributed by atoms with van der Waals surface area (Å²) in [6.07, 6.45) is 0. The van der Waals surface area contributed by atoms with E-state index in [2.05, 4.69) is 4.72 Å². The summed E-state index contributed by atoms with van der Waals surface area (Å²) >= 11 is 1.04. The Hall–Kier alpha value is -3.14. The first kappa shape index (κ1) is 25.0. The number of nitrogens with one attached hydrogen (secondary N) is 1. The quantitative estimate of drug-likeness (QED) is 0.325. The molecule has 1 N–H and O–H groups in total. The van der Waals surface area contributed by atoms with Gasteiger partial charge in [-0.2, -0.15) is 0 Å². The molecule has 0 saturated heterocycles. The summed E-state index contributed by atoms with van der Waals surface area (Å²) in [5, 5.41) is 0. The van der Waals surface area contributed by atoms with Crippen LogP contribution in [-0.4, -0.2) is 26.2 Å². The summed E-state index contributed by atoms with van der Waals surface area (Å²) < 4.78 is 42.6. The van der Waals surface area contributed by atoms with Crippen LogP contribution in [0.15, 0.2) is 76.4 Å². The van der Waals surface area contributed by atoms with Gasteiger partial charge in [0.2, 0.25) is 10.0 Å². The molecule has 184 valence electrons. The van der Waals surface area contributed by atoms with E-state index < -0.39 is 16.1 Å². The number of ether oxygens (including phenoxy) is 2. The molecule has 0 aliphatic heterocycles. The SMILES string of the molecule is CCOc1ccc([C@@H](C)NS(=O)(=O)c2ccc3c(c2)sc(=O)n3Cc2ccccc2)cc1OCC. The van der Waals surface area contributed by atoms with Crippen LogP contribution in [0.4, 0.5) is 0 Å². The number of nitrogens with zero attached hydrogens (tertiary/aromatic N) is 1. The van der Waals surface area contributed by atoms with Crippen LogP contribution in [0, 0.1) is 0 Å². The molecule has 0 fully saturated rings. The second-order valence-corrected chi connectivity index (χ2v) is 10.7. The smallest absolute Gasteiger partial charge is 0.308 e. The summed E-state index contributed by atoms with van der Waals surface area (Å²) in [5.41, 5.74) is 2.47. The fraction of sp³-hybridized carbons (Fsp3) is 0.269. The van der Waals surface area contributed by atoms with Crippen LogP contribution in [0.25, 0.3) is 10.2 Å². The fourth-order valence-corrected chi connectivity index (χ4v) is 6.10. The average molecular weight is 513 g/mol. The number of thiazole rings is 1. The molecule has 3 aromatic carbocycles. The van der Waals surface area contributed by atoms with Crippen molar-refractivity contribution < 1.29 is 17.9 Å². The van der Waals surface area contributed by atoms with E-state index >= 15 is 0 Å². The molecule has 0 spiro atoms. The second-order valence-electron chi connectivity index (χ2n) is 7.98. The van der Waals surface area contributed by atoms with E-state index in [0.717, 1.165) is 22.5 Å². The van der Waals surface area contributed by atoms with Crippen molar-refractivity contribution in [1.82, 2.24) is 9.29 Å². The maximum absolute atomic E-state index is 13.2. The minimum absolute atomic E-state index is 0.112. The zero-order valence-electron chi connectivity index (χ0n) is 19.9. The first-order chi connectivity index (χ1) is 16.8. The van der Waals surface area contributed by atoms with Gasteiger partial charge in [0.15, 0.2) is 11.5 Å². The van der Waals surface area contributed by atoms with Crippen molar-refractivity contribution in [2.75, 3.05) is 13.2 Å². The lowest BCUT2D eigenvalue weighted by Gasteiger charge is -2.18. The third-order valence-corrected chi connectivity index (χ3v) is 8.01. The molecular weight excluding hydrogens is 484 g/mol. The van der Waals surface area contributed by atoms with Gasteiger partial charge in [-0.25, -0.2) is 13.1 Å². The number of aromatic nitrogens is 1. The third kappa shape index (κ3) is 5.58. The number of rotatable bonds is 10. The van der Waals surface area contributed by atoms with Gasteiger partial charge in [-0.3, -0.25) is 9.36 Å². The number of hydrogen-bond donors (Lipinski definition) is 1. The zero-order valence-corrected chi connectivity index (χ0v) is 21.5. The lowest BCUT2D eigenvalue weighted by molar-refractivity contribution is 0.287. The second kappa shape index (κ2) is 10.6. The molecule has 0 unspecified atom stereocenters. The molecule has 0 aliphatic carbocycles. The van der Waals surface area contributed by atoms with E-state index in [1.807, 2.05) is 50.2 Å². The standard InChI is InChI=1S/C26H28N2O5S2/c1-4-32-23-14-11-20(15-24(23)33-5-2)18(3)27-35(30,31)21-12-13-22-25(16-21)34-26(29)28(22)17-19-9-7-6-8-10-19/h6-16,18,27H,4-5,17H2,1-3H3/t18-/m1/s1. The molecule has 4 aromatic rings. The van der Waals surface area contributed by atoms with E-state index in [1.54, 1.807) is 35.8 Å². The van der Waals surface area contributed by atoms with Crippen molar-refractivity contribution in [3.63, 3.8) is 0 Å². The molecule has 0 radical (unpaired) electrons. The largest absolute Gasteiger partial charge is 0.490 e. The normalized spacial score (nSPS) is 12.5. The van der Waals surface area contributed by atoms with Crippen LogP contribution in [0.5, 0.6) is 11.5 Å². The highest BCUT2D eigenvalue weighted by atomic mass is 32.2. The molecule has 1 heterocycles. The first-order valence-electron chi connectivity index (χ1n) is 11.4. The van der Waals surface area contributed by atoms with Crippen molar-refractivity contribution >= 4 is 31.6 Å². The van der Waals surface area contributed by atoms with Crippen molar-refractivity contribution in [2.45, 2.75) is 38.3 Å². The van der Waals surface area contributed by atoms with Gasteiger partial charge in [0, 0.05) is 6.04 Å². The Kier molecular flexibility index (Phi) is 7.59. The van der Waals surface area contributed by atoms with E-state index in [1.165, 1.54) is 6.07 Å². The first-order valence-corrected chi connectivity index (χ1v) is 13.7. The third-order valence-electron chi connectivity index (χ3n) is 5.53. The Morgan fingerprint density at radius 1 is 0.943 bits per heavy atom. The van der Waals surface area contributed by atoms with E-state index in [0.29, 0.717) is 41.5 Å². The van der Waals surface area contributed by atoms with Crippen LogP contribution in [0.1, 0.15) is 37.9 Å². The number of sulfonamides is 1. The Labute approximate surface area is 209 Å². The topological polar surface area (TPSA) is 86.6 Å². The van der Waals surface area contributed by atoms with E-state index in [4.69, 9.17) is 9.47 Å². The monoisotopic (exact) mass is 512 g/mol. The van der Waals surface area contributed by atoms with Crippen LogP contribution < -0.4 is 19.1 Å². The summed E-state index contributed by atoms with van der Waals surface area (Å²) in [7, 11) is -3.83. The predicted molar refractivity (Wildman–Crippen MR) is 139 cm³/mol. The predicted octanol–water partition coefficient (Wildman–Crippen LogP) is 4.95. The van der Waals surface area contributed by atoms with Gasteiger partial charge >= 0.3 is 4.87 Å². The lowest BCUT2D eigenvalue weighted by Crippen LogP contribution is -2.27. The van der Waals surface area contributed by atoms with Gasteiger partial charge in [0.25, 0.3) is 0 Å². The van der Waals surface area contributed by atoms with E-state index in [-0.39, 0.29) is 9.77 Å². The zero-order chi connectivity index (χ0) is 25.0. The Morgan fingerprint density at radius 2 is 1.66 bits per heavy atom. The molecule has 35 heavy (non-hydrogen) atoms. The van der Waals surface area contributed by atoms with Gasteiger partial charge in [-0.05, 0) is 62.2 Å². The average Bonchev–Trinajstić information content (AvgIpc) is 3.15. The lowest BCUT2D eigenvalue weighted by atomic mass is 10.1. The van der Waals surface area contributed by atoms with Gasteiger partial charge in [-0.15, -0.1) is 0 Å². The minimum Gasteiger partial charge on any atom is -0.490 e. The maximum Gasteiger partial charge on any atom is 0.308 e. The van der Waals surface area contributed by atoms with E-state index in [9.17, 15) is 13.2 Å². The molecular formula is C26H28N2O5S2. The summed E-state index contributed by atoms with van der Waals surface area (Å²) in [4.78, 5) is 12.6. The molecule has 4 rings (SSSR count). The van der Waals surface area contributed by atoms with Crippen molar-refractivity contribution in [2.24, 2.45) is 0 Å². The van der Waals surface area contributed by atoms with Crippen LogP contribution in [-0.2, 0) is 16.6 Å². The van der Waals surface area contributed by atoms with Crippen molar-refractivity contribution in [3.8, 4) is 11.5 Å². The van der Waals surface area contributed by atoms with Crippen LogP contribution >= 0.6 is 11.3 Å². The van der Waals surface area contributed by atoms with Gasteiger partial charge < -0.3 is 9.47 Å². The molecule has 0 aliphatic rings. The van der Waals surface area contributed by atoms with Crippen molar-refractivity contribution in [3.05, 3.63) is 87.5 Å². The highest BCUT2D eigenvalue weighted by Gasteiger charge is 2.21. The summed E-state index contributed by atoms with van der Waals surface area (Å²) in [6.45, 7) is 6.95. The van der Waals surface area contributed by atoms with Crippen LogP contribution in [0.2, 0.25) is 0 Å². The molecule has 1 aromatic heterocycles. The fourth-order valence-electron chi connectivity index (χ4n) is 3.84. The number of fused-ring (bicyclic) bond motifs is 1. The molecule has 1 atom stereocenters. The Balaban J connectivity index is 1.59. The Bertz CT molecular complexity index is 1480. The molecule has 0 amide bonds. The minimum atomic E-state index is -3.83. The summed E-state index contributed by atoms with van der Waals surface area (Å²) in [6, 6.07) is 19.4. The van der Waals surface area contributed by atoms with Gasteiger partial charge in [-0.1, -0.05) is 47.7 Å². The highest BCUT2D eigenvalue weighted by Crippen LogP contribution is 2.31.